The van der Waals surface area contributed by atoms with E-state index < -0.39 is 12.1 Å². The van der Waals surface area contributed by atoms with Crippen molar-refractivity contribution >= 4 is 11.9 Å². The first-order chi connectivity index (χ1) is 33.0. The summed E-state index contributed by atoms with van der Waals surface area (Å²) in [6.45, 7) is 4.89. The van der Waals surface area contributed by atoms with Crippen molar-refractivity contribution in [3.05, 3.63) is 24.3 Å². The van der Waals surface area contributed by atoms with E-state index in [2.05, 4.69) is 31.3 Å². The Morgan fingerprint density at radius 1 is 0.403 bits per heavy atom. The van der Waals surface area contributed by atoms with Gasteiger partial charge in [-0.1, -0.05) is 282 Å². The minimum atomic E-state index is -0.842. The molecule has 0 aromatic carbocycles. The largest absolute Gasteiger partial charge is 0.466 e. The van der Waals surface area contributed by atoms with Gasteiger partial charge in [-0.05, 0) is 57.8 Å². The molecule has 0 aromatic heterocycles. The number of hydrogen-bond donors (Lipinski definition) is 3. The maximum absolute atomic E-state index is 12.4. The summed E-state index contributed by atoms with van der Waals surface area (Å²) in [7, 11) is 0. The van der Waals surface area contributed by atoms with E-state index in [1.807, 2.05) is 6.08 Å². The fourth-order valence-electron chi connectivity index (χ4n) is 9.34. The van der Waals surface area contributed by atoms with Gasteiger partial charge in [-0.3, -0.25) is 9.59 Å². The lowest BCUT2D eigenvalue weighted by molar-refractivity contribution is -0.143. The van der Waals surface area contributed by atoms with Gasteiger partial charge in [0.25, 0.3) is 0 Å². The molecule has 0 saturated carbocycles. The summed E-state index contributed by atoms with van der Waals surface area (Å²) < 4.78 is 5.49. The van der Waals surface area contributed by atoms with Crippen LogP contribution in [0.3, 0.4) is 0 Å². The molecular formula is C61H117NO5. The third-order valence-electron chi connectivity index (χ3n) is 14.0. The molecule has 0 heterocycles. The monoisotopic (exact) mass is 944 g/mol. The predicted octanol–water partition coefficient (Wildman–Crippen LogP) is 18.6. The predicted molar refractivity (Wildman–Crippen MR) is 292 cm³/mol. The molecule has 2 unspecified atom stereocenters. The Balaban J connectivity index is 3.35. The minimum absolute atomic E-state index is 0.0106. The standard InChI is InChI=1S/C61H117NO5/c1-3-5-7-9-11-13-15-16-17-25-29-32-35-39-43-47-51-55-61(66)67-56-52-48-44-40-36-33-30-27-24-22-20-18-19-21-23-26-28-31-34-38-42-46-50-54-60(65)62-58(57-63)59(64)53-49-45-41-37-14-12-10-8-6-4-2/h16-17,49,53,58-59,63-64H,3-15,18-48,50-52,54-57H2,1-2H3,(H,62,65)/b17-16-,53-49+. The fraction of sp³-hybridized carbons (Fsp3) is 0.902. The van der Waals surface area contributed by atoms with Crippen LogP contribution in [-0.2, 0) is 14.3 Å². The van der Waals surface area contributed by atoms with E-state index in [-0.39, 0.29) is 18.5 Å². The van der Waals surface area contributed by atoms with Crippen LogP contribution in [0.15, 0.2) is 24.3 Å². The molecule has 396 valence electrons. The molecule has 1 amide bonds. The zero-order chi connectivity index (χ0) is 48.6. The van der Waals surface area contributed by atoms with Crippen molar-refractivity contribution in [3.8, 4) is 0 Å². The molecule has 0 aliphatic heterocycles. The quantitative estimate of drug-likeness (QED) is 0.0321. The maximum atomic E-state index is 12.4. The lowest BCUT2D eigenvalue weighted by Crippen LogP contribution is -2.45. The zero-order valence-electron chi connectivity index (χ0n) is 45.1. The second kappa shape index (κ2) is 56.9. The van der Waals surface area contributed by atoms with E-state index >= 15 is 0 Å². The van der Waals surface area contributed by atoms with Gasteiger partial charge in [0.2, 0.25) is 5.91 Å². The molecule has 0 spiro atoms. The van der Waals surface area contributed by atoms with Gasteiger partial charge in [0, 0.05) is 12.8 Å². The second-order valence-electron chi connectivity index (χ2n) is 20.7. The van der Waals surface area contributed by atoms with Crippen LogP contribution >= 0.6 is 0 Å². The first-order valence-corrected chi connectivity index (χ1v) is 30.1. The lowest BCUT2D eigenvalue weighted by Gasteiger charge is -2.20. The summed E-state index contributed by atoms with van der Waals surface area (Å²) in [5.74, 6) is -0.0580. The van der Waals surface area contributed by atoms with Crippen molar-refractivity contribution in [1.82, 2.24) is 5.32 Å². The Hall–Kier alpha value is -1.66. The van der Waals surface area contributed by atoms with Gasteiger partial charge < -0.3 is 20.3 Å². The van der Waals surface area contributed by atoms with E-state index in [1.54, 1.807) is 6.08 Å². The second-order valence-corrected chi connectivity index (χ2v) is 20.7. The molecule has 2 atom stereocenters. The first kappa shape index (κ1) is 65.3. The molecule has 0 radical (unpaired) electrons. The number of ether oxygens (including phenoxy) is 1. The number of carbonyl (C=O) groups excluding carboxylic acids is 2. The SMILES string of the molecule is CCCCCCCC/C=C\CCCCCCCCCC(=O)OCCCCCCCCCCCCCCCCCCCCCCCCCC(=O)NC(CO)C(O)/C=C/CCCCCCCCCC. The molecule has 6 heteroatoms. The van der Waals surface area contributed by atoms with E-state index in [0.717, 1.165) is 44.9 Å². The van der Waals surface area contributed by atoms with Gasteiger partial charge in [0.1, 0.15) is 0 Å². The molecule has 0 rings (SSSR count). The van der Waals surface area contributed by atoms with E-state index in [9.17, 15) is 19.8 Å². The third kappa shape index (κ3) is 53.5. The summed E-state index contributed by atoms with van der Waals surface area (Å²) in [5, 5.41) is 23.0. The number of unbranched alkanes of at least 4 members (excludes halogenated alkanes) is 43. The van der Waals surface area contributed by atoms with Gasteiger partial charge in [-0.2, -0.15) is 0 Å². The zero-order valence-corrected chi connectivity index (χ0v) is 45.1. The molecule has 0 aliphatic rings. The Morgan fingerprint density at radius 2 is 0.701 bits per heavy atom. The summed E-state index contributed by atoms with van der Waals surface area (Å²) in [5.41, 5.74) is 0. The molecular weight excluding hydrogens is 827 g/mol. The van der Waals surface area contributed by atoms with Crippen molar-refractivity contribution in [2.24, 2.45) is 0 Å². The van der Waals surface area contributed by atoms with Crippen LogP contribution in [0.4, 0.5) is 0 Å². The fourth-order valence-corrected chi connectivity index (χ4v) is 9.34. The smallest absolute Gasteiger partial charge is 0.305 e. The first-order valence-electron chi connectivity index (χ1n) is 30.1. The average Bonchev–Trinajstić information content (AvgIpc) is 3.33. The number of amides is 1. The van der Waals surface area contributed by atoms with Crippen LogP contribution in [0, 0.1) is 0 Å². The molecule has 3 N–H and O–H groups in total. The number of carbonyl (C=O) groups is 2. The van der Waals surface area contributed by atoms with Gasteiger partial charge in [0.05, 0.1) is 25.4 Å². The van der Waals surface area contributed by atoms with Gasteiger partial charge in [-0.15, -0.1) is 0 Å². The molecule has 0 aliphatic carbocycles. The van der Waals surface area contributed by atoms with Crippen molar-refractivity contribution in [2.75, 3.05) is 13.2 Å². The Kier molecular flexibility index (Phi) is 55.5. The molecule has 67 heavy (non-hydrogen) atoms. The van der Waals surface area contributed by atoms with E-state index in [4.69, 9.17) is 4.74 Å². The summed E-state index contributed by atoms with van der Waals surface area (Å²) in [4.78, 5) is 24.5. The number of esters is 1. The Labute approximate surface area is 418 Å². The molecule has 0 aromatic rings. The van der Waals surface area contributed by atoms with Crippen molar-refractivity contribution < 1.29 is 24.5 Å². The lowest BCUT2D eigenvalue weighted by atomic mass is 10.0. The number of allylic oxidation sites excluding steroid dienone is 3. The minimum Gasteiger partial charge on any atom is -0.466 e. The van der Waals surface area contributed by atoms with E-state index in [0.29, 0.717) is 19.4 Å². The maximum Gasteiger partial charge on any atom is 0.305 e. The van der Waals surface area contributed by atoms with Crippen LogP contribution in [0.1, 0.15) is 328 Å². The van der Waals surface area contributed by atoms with Crippen molar-refractivity contribution in [2.45, 2.75) is 341 Å². The normalized spacial score (nSPS) is 12.7. The molecule has 0 saturated heterocycles. The Bertz CT molecular complexity index is 1040. The van der Waals surface area contributed by atoms with Crippen LogP contribution < -0.4 is 5.32 Å². The molecule has 6 nitrogen and oxygen atoms in total. The summed E-state index contributed by atoms with van der Waals surface area (Å²) >= 11 is 0. The number of nitrogens with one attached hydrogen (secondary N) is 1. The van der Waals surface area contributed by atoms with Crippen LogP contribution in [-0.4, -0.2) is 47.4 Å². The molecule has 0 bridgehead atoms. The van der Waals surface area contributed by atoms with Gasteiger partial charge in [0.15, 0.2) is 0 Å². The van der Waals surface area contributed by atoms with Crippen LogP contribution in [0.5, 0.6) is 0 Å². The number of rotatable bonds is 56. The van der Waals surface area contributed by atoms with Crippen molar-refractivity contribution in [1.29, 1.82) is 0 Å². The highest BCUT2D eigenvalue weighted by molar-refractivity contribution is 5.76. The summed E-state index contributed by atoms with van der Waals surface area (Å²) in [6, 6.07) is -0.625. The van der Waals surface area contributed by atoms with E-state index in [1.165, 1.54) is 257 Å². The van der Waals surface area contributed by atoms with Gasteiger partial charge in [-0.25, -0.2) is 0 Å². The highest BCUT2D eigenvalue weighted by Crippen LogP contribution is 2.17. The van der Waals surface area contributed by atoms with Crippen molar-refractivity contribution in [3.63, 3.8) is 0 Å². The number of aliphatic hydroxyl groups is 2. The highest BCUT2D eigenvalue weighted by Gasteiger charge is 2.18. The topological polar surface area (TPSA) is 95.9 Å². The van der Waals surface area contributed by atoms with Gasteiger partial charge >= 0.3 is 5.97 Å². The molecule has 0 fully saturated rings. The number of aliphatic hydroxyl groups excluding tert-OH is 2. The Morgan fingerprint density at radius 3 is 1.06 bits per heavy atom. The average molecular weight is 945 g/mol. The summed E-state index contributed by atoms with van der Waals surface area (Å²) in [6.07, 6.45) is 69.3. The third-order valence-corrected chi connectivity index (χ3v) is 14.0. The highest BCUT2D eigenvalue weighted by atomic mass is 16.5. The number of hydrogen-bond acceptors (Lipinski definition) is 5. The van der Waals surface area contributed by atoms with Crippen LogP contribution in [0.25, 0.3) is 0 Å². The van der Waals surface area contributed by atoms with Crippen LogP contribution in [0.2, 0.25) is 0 Å².